The van der Waals surface area contributed by atoms with Crippen LogP contribution in [0.15, 0.2) is 47.5 Å². The standard InChI is InChI=1S/C28H35ClN4O3S/c1-5-36-25-16-21(20-11-7-6-8-12-20)19(4)15-24(25)32-28-30-17-22(29)27(33-28)31-23-13-9-10-14-26(23)37(34,35)18(2)3/h9-10,13-18,20H,5-8,11-12H2,1-4H3,(H2,30,31,32,33)/i1D3,5D2. The zero-order chi connectivity index (χ0) is 30.9. The Balaban J connectivity index is 1.72. The van der Waals surface area contributed by atoms with Gasteiger partial charge in [-0.25, -0.2) is 13.4 Å². The molecule has 1 aliphatic carbocycles. The number of halogens is 1. The number of anilines is 4. The highest BCUT2D eigenvalue weighted by Crippen LogP contribution is 2.39. The lowest BCUT2D eigenvalue weighted by Gasteiger charge is -2.25. The van der Waals surface area contributed by atoms with Crippen molar-refractivity contribution in [3.05, 3.63) is 58.7 Å². The minimum atomic E-state index is -3.62. The van der Waals surface area contributed by atoms with Crippen molar-refractivity contribution in [2.75, 3.05) is 17.2 Å². The molecule has 4 rings (SSSR count). The van der Waals surface area contributed by atoms with Crippen LogP contribution >= 0.6 is 11.6 Å². The third-order valence-electron chi connectivity index (χ3n) is 6.63. The summed E-state index contributed by atoms with van der Waals surface area (Å²) in [5, 5.41) is 5.51. The highest BCUT2D eigenvalue weighted by Gasteiger charge is 2.23. The number of hydrogen-bond donors (Lipinski definition) is 2. The largest absolute Gasteiger partial charge is 0.492 e. The smallest absolute Gasteiger partial charge is 0.229 e. The zero-order valence-electron chi connectivity index (χ0n) is 26.1. The van der Waals surface area contributed by atoms with Crippen molar-refractivity contribution in [1.29, 1.82) is 0 Å². The van der Waals surface area contributed by atoms with Crippen molar-refractivity contribution in [3.63, 3.8) is 0 Å². The summed E-state index contributed by atoms with van der Waals surface area (Å²) in [6, 6.07) is 9.91. The average Bonchev–Trinajstić information content (AvgIpc) is 2.92. The summed E-state index contributed by atoms with van der Waals surface area (Å²) in [6.45, 7) is -0.845. The molecule has 0 bridgehead atoms. The molecule has 1 saturated carbocycles. The zero-order valence-corrected chi connectivity index (χ0v) is 22.7. The van der Waals surface area contributed by atoms with E-state index in [0.717, 1.165) is 43.2 Å². The van der Waals surface area contributed by atoms with E-state index in [-0.39, 0.29) is 39.0 Å². The molecule has 2 aromatic carbocycles. The van der Waals surface area contributed by atoms with Crippen LogP contribution in [0.1, 0.15) is 76.7 Å². The molecule has 1 aromatic heterocycles. The number of para-hydroxylation sites is 1. The minimum absolute atomic E-state index is 0.0173. The van der Waals surface area contributed by atoms with Crippen LogP contribution in [0.5, 0.6) is 5.75 Å². The number of aryl methyl sites for hydroxylation is 1. The van der Waals surface area contributed by atoms with E-state index < -0.39 is 28.5 Å². The monoisotopic (exact) mass is 547 g/mol. The summed E-state index contributed by atoms with van der Waals surface area (Å²) in [5.74, 6) is 0.467. The Hall–Kier alpha value is -2.84. The molecule has 7 nitrogen and oxygen atoms in total. The summed E-state index contributed by atoms with van der Waals surface area (Å²) in [5.41, 5.74) is 2.49. The molecule has 0 aliphatic heterocycles. The number of benzene rings is 2. The van der Waals surface area contributed by atoms with Gasteiger partial charge in [-0.15, -0.1) is 0 Å². The Labute approximate surface area is 232 Å². The maximum atomic E-state index is 12.9. The maximum Gasteiger partial charge on any atom is 0.229 e. The number of nitrogens with zero attached hydrogens (tertiary/aromatic N) is 2. The van der Waals surface area contributed by atoms with E-state index in [1.54, 1.807) is 44.2 Å². The fraction of sp³-hybridized carbons (Fsp3) is 0.429. The summed E-state index contributed by atoms with van der Waals surface area (Å²) >= 11 is 6.38. The molecular weight excluding hydrogens is 508 g/mol. The van der Waals surface area contributed by atoms with E-state index in [2.05, 4.69) is 20.6 Å². The highest BCUT2D eigenvalue weighted by atomic mass is 35.5. The number of rotatable bonds is 9. The second-order valence-electron chi connectivity index (χ2n) is 9.47. The van der Waals surface area contributed by atoms with Gasteiger partial charge in [0.1, 0.15) is 10.8 Å². The Morgan fingerprint density at radius 1 is 1.16 bits per heavy atom. The fourth-order valence-electron chi connectivity index (χ4n) is 4.63. The van der Waals surface area contributed by atoms with E-state index >= 15 is 0 Å². The Morgan fingerprint density at radius 2 is 1.92 bits per heavy atom. The molecule has 0 saturated heterocycles. The van der Waals surface area contributed by atoms with Gasteiger partial charge in [-0.2, -0.15) is 4.98 Å². The predicted molar refractivity (Wildman–Crippen MR) is 151 cm³/mol. The average molecular weight is 548 g/mol. The van der Waals surface area contributed by atoms with Gasteiger partial charge in [0.15, 0.2) is 15.7 Å². The summed E-state index contributed by atoms with van der Waals surface area (Å²) in [7, 11) is -3.62. The highest BCUT2D eigenvalue weighted by molar-refractivity contribution is 7.92. The van der Waals surface area contributed by atoms with Crippen molar-refractivity contribution >= 4 is 44.6 Å². The molecule has 0 atom stereocenters. The Morgan fingerprint density at radius 3 is 2.65 bits per heavy atom. The lowest BCUT2D eigenvalue weighted by atomic mass is 9.82. The van der Waals surface area contributed by atoms with Crippen molar-refractivity contribution in [2.24, 2.45) is 0 Å². The van der Waals surface area contributed by atoms with Crippen LogP contribution in [0.2, 0.25) is 5.02 Å². The minimum Gasteiger partial charge on any atom is -0.492 e. The molecule has 9 heteroatoms. The Kier molecular flexibility index (Phi) is 6.68. The van der Waals surface area contributed by atoms with Crippen molar-refractivity contribution in [2.45, 2.75) is 75.8 Å². The third kappa shape index (κ3) is 6.18. The molecule has 1 fully saturated rings. The first kappa shape index (κ1) is 21.1. The fourth-order valence-corrected chi connectivity index (χ4v) is 5.97. The summed E-state index contributed by atoms with van der Waals surface area (Å²) in [6.07, 6.45) is 6.66. The predicted octanol–water partition coefficient (Wildman–Crippen LogP) is 7.55. The number of ether oxygens (including phenoxy) is 1. The summed E-state index contributed by atoms with van der Waals surface area (Å²) < 4.78 is 70.5. The van der Waals surface area contributed by atoms with Crippen LogP contribution in [0.25, 0.3) is 0 Å². The second-order valence-corrected chi connectivity index (χ2v) is 12.4. The number of sulfone groups is 1. The number of aromatic nitrogens is 2. The Bertz CT molecular complexity index is 1540. The van der Waals surface area contributed by atoms with E-state index in [1.807, 2.05) is 6.92 Å². The first-order chi connectivity index (χ1) is 19.6. The molecular formula is C28H35ClN4O3S. The van der Waals surface area contributed by atoms with Gasteiger partial charge in [0, 0.05) is 4.11 Å². The van der Waals surface area contributed by atoms with Crippen molar-refractivity contribution in [1.82, 2.24) is 9.97 Å². The van der Waals surface area contributed by atoms with Crippen LogP contribution in [0, 0.1) is 6.92 Å². The van der Waals surface area contributed by atoms with Gasteiger partial charge in [0.25, 0.3) is 0 Å². The van der Waals surface area contributed by atoms with Crippen LogP contribution in [0.4, 0.5) is 23.1 Å². The molecule has 37 heavy (non-hydrogen) atoms. The molecule has 2 N–H and O–H groups in total. The van der Waals surface area contributed by atoms with Gasteiger partial charge in [-0.05, 0) is 81.8 Å². The van der Waals surface area contributed by atoms with E-state index in [9.17, 15) is 8.42 Å². The van der Waals surface area contributed by atoms with Crippen LogP contribution in [0.3, 0.4) is 0 Å². The SMILES string of the molecule is [2H]C([2H])([2H])C([2H])([2H])Oc1cc(C2CCCCC2)c(C)cc1Nc1ncc(Cl)c(Nc2ccccc2S(=O)(=O)C(C)C)n1. The van der Waals surface area contributed by atoms with Crippen molar-refractivity contribution < 1.29 is 20.0 Å². The maximum absolute atomic E-state index is 12.9. The first-order valence-corrected chi connectivity index (χ1v) is 14.3. The lowest BCUT2D eigenvalue weighted by Crippen LogP contribution is -2.15. The lowest BCUT2D eigenvalue weighted by molar-refractivity contribution is 0.340. The number of hydrogen-bond acceptors (Lipinski definition) is 7. The molecule has 0 amide bonds. The summed E-state index contributed by atoms with van der Waals surface area (Å²) in [4.78, 5) is 8.77. The van der Waals surface area contributed by atoms with E-state index in [4.69, 9.17) is 23.2 Å². The van der Waals surface area contributed by atoms with Gasteiger partial charge in [-0.1, -0.05) is 43.0 Å². The van der Waals surface area contributed by atoms with Crippen LogP contribution < -0.4 is 15.4 Å². The first-order valence-electron chi connectivity index (χ1n) is 14.8. The number of nitrogens with one attached hydrogen (secondary N) is 2. The molecule has 198 valence electrons. The van der Waals surface area contributed by atoms with Gasteiger partial charge in [0.05, 0.1) is 37.0 Å². The molecule has 0 radical (unpaired) electrons. The van der Waals surface area contributed by atoms with Gasteiger partial charge < -0.3 is 15.4 Å². The normalized spacial score (nSPS) is 17.3. The second kappa shape index (κ2) is 11.7. The van der Waals surface area contributed by atoms with E-state index in [1.165, 1.54) is 12.3 Å². The van der Waals surface area contributed by atoms with Crippen LogP contribution in [-0.4, -0.2) is 30.2 Å². The third-order valence-corrected chi connectivity index (χ3v) is 9.12. The molecule has 0 unspecified atom stereocenters. The molecule has 1 aliphatic rings. The topological polar surface area (TPSA) is 93.2 Å². The van der Waals surface area contributed by atoms with Gasteiger partial charge in [-0.3, -0.25) is 0 Å². The molecule has 3 aromatic rings. The van der Waals surface area contributed by atoms with Crippen molar-refractivity contribution in [3.8, 4) is 5.75 Å². The molecule has 0 spiro atoms. The quantitative estimate of drug-likeness (QED) is 0.285. The van der Waals surface area contributed by atoms with Gasteiger partial charge in [0.2, 0.25) is 5.95 Å². The van der Waals surface area contributed by atoms with E-state index in [0.29, 0.717) is 5.69 Å². The van der Waals surface area contributed by atoms with Gasteiger partial charge >= 0.3 is 0 Å². The van der Waals surface area contributed by atoms with Crippen LogP contribution in [-0.2, 0) is 9.84 Å². The molecule has 1 heterocycles.